The van der Waals surface area contributed by atoms with Crippen LogP contribution in [0.5, 0.6) is 5.75 Å². The third-order valence-electron chi connectivity index (χ3n) is 3.67. The summed E-state index contributed by atoms with van der Waals surface area (Å²) >= 11 is 0. The second-order valence-corrected chi connectivity index (χ2v) is 6.52. The molecule has 8 nitrogen and oxygen atoms in total. The van der Waals surface area contributed by atoms with Crippen molar-refractivity contribution in [2.24, 2.45) is 5.92 Å². The number of aryl methyl sites for hydroxylation is 1. The van der Waals surface area contributed by atoms with Crippen molar-refractivity contribution in [3.8, 4) is 17.1 Å². The fraction of sp³-hybridized carbons (Fsp3) is 0.474. The maximum absolute atomic E-state index is 12.2. The fourth-order valence-electron chi connectivity index (χ4n) is 2.26. The van der Waals surface area contributed by atoms with E-state index in [1.807, 2.05) is 24.3 Å². The van der Waals surface area contributed by atoms with Crippen LogP contribution in [0.15, 0.2) is 29.1 Å². The molecule has 0 saturated carbocycles. The van der Waals surface area contributed by atoms with Crippen molar-refractivity contribution in [1.82, 2.24) is 20.5 Å². The molecule has 146 valence electrons. The van der Waals surface area contributed by atoms with Gasteiger partial charge in [0.2, 0.25) is 5.91 Å². The first-order valence-corrected chi connectivity index (χ1v) is 8.94. The van der Waals surface area contributed by atoms with Gasteiger partial charge in [-0.3, -0.25) is 9.59 Å². The SMILES string of the molecule is COCCNC(=O)CCc1nnc(-c2cccc(OCC(C)C)c2)[nH]c1=O. The van der Waals surface area contributed by atoms with Crippen LogP contribution in [0, 0.1) is 5.92 Å². The zero-order chi connectivity index (χ0) is 19.6. The normalized spacial score (nSPS) is 10.8. The summed E-state index contributed by atoms with van der Waals surface area (Å²) < 4.78 is 10.6. The lowest BCUT2D eigenvalue weighted by Crippen LogP contribution is -2.28. The predicted octanol–water partition coefficient (Wildman–Crippen LogP) is 1.56. The molecule has 0 aliphatic carbocycles. The Bertz CT molecular complexity index is 804. The van der Waals surface area contributed by atoms with E-state index >= 15 is 0 Å². The molecule has 0 aliphatic heterocycles. The molecule has 2 rings (SSSR count). The fourth-order valence-corrected chi connectivity index (χ4v) is 2.26. The van der Waals surface area contributed by atoms with Gasteiger partial charge in [-0.1, -0.05) is 26.0 Å². The molecule has 1 aromatic carbocycles. The van der Waals surface area contributed by atoms with Crippen LogP contribution < -0.4 is 15.6 Å². The summed E-state index contributed by atoms with van der Waals surface area (Å²) in [7, 11) is 1.56. The molecule has 0 radical (unpaired) electrons. The Morgan fingerprint density at radius 1 is 1.30 bits per heavy atom. The lowest BCUT2D eigenvalue weighted by Gasteiger charge is -2.09. The number of H-pyrrole nitrogens is 1. The van der Waals surface area contributed by atoms with Gasteiger partial charge >= 0.3 is 0 Å². The molecule has 0 atom stereocenters. The van der Waals surface area contributed by atoms with E-state index in [0.29, 0.717) is 42.8 Å². The van der Waals surface area contributed by atoms with Crippen LogP contribution in [0.2, 0.25) is 0 Å². The molecule has 0 aliphatic rings. The van der Waals surface area contributed by atoms with Gasteiger partial charge in [-0.25, -0.2) is 0 Å². The number of carbonyl (C=O) groups excluding carboxylic acids is 1. The van der Waals surface area contributed by atoms with Gasteiger partial charge in [0, 0.05) is 32.1 Å². The quantitative estimate of drug-likeness (QED) is 0.611. The number of rotatable bonds is 10. The van der Waals surface area contributed by atoms with Gasteiger partial charge in [0.1, 0.15) is 11.4 Å². The van der Waals surface area contributed by atoms with E-state index in [1.165, 1.54) is 0 Å². The highest BCUT2D eigenvalue weighted by atomic mass is 16.5. The molecule has 1 heterocycles. The van der Waals surface area contributed by atoms with Crippen molar-refractivity contribution in [2.75, 3.05) is 26.9 Å². The molecule has 0 fully saturated rings. The van der Waals surface area contributed by atoms with Gasteiger partial charge in [0.25, 0.3) is 5.56 Å². The molecular weight excluding hydrogens is 348 g/mol. The first kappa shape index (κ1) is 20.6. The molecule has 1 aromatic heterocycles. The number of aromatic amines is 1. The molecule has 1 amide bonds. The molecular formula is C19H26N4O4. The van der Waals surface area contributed by atoms with Gasteiger partial charge in [-0.15, -0.1) is 10.2 Å². The van der Waals surface area contributed by atoms with Crippen LogP contribution in [-0.2, 0) is 16.0 Å². The van der Waals surface area contributed by atoms with E-state index in [9.17, 15) is 9.59 Å². The number of nitrogens with zero attached hydrogens (tertiary/aromatic N) is 2. The van der Waals surface area contributed by atoms with Crippen molar-refractivity contribution in [1.29, 1.82) is 0 Å². The summed E-state index contributed by atoms with van der Waals surface area (Å²) in [6, 6.07) is 7.33. The number of hydrogen-bond acceptors (Lipinski definition) is 6. The molecule has 0 spiro atoms. The number of hydrogen-bond donors (Lipinski definition) is 2. The molecule has 0 unspecified atom stereocenters. The van der Waals surface area contributed by atoms with Gasteiger partial charge in [0.05, 0.1) is 13.2 Å². The third kappa shape index (κ3) is 6.82. The van der Waals surface area contributed by atoms with E-state index in [2.05, 4.69) is 34.3 Å². The minimum absolute atomic E-state index is 0.160. The Labute approximate surface area is 158 Å². The zero-order valence-corrected chi connectivity index (χ0v) is 15.9. The summed E-state index contributed by atoms with van der Waals surface area (Å²) in [5.74, 6) is 1.33. The second kappa shape index (κ2) is 10.4. The average Bonchev–Trinajstić information content (AvgIpc) is 2.66. The Balaban J connectivity index is 2.01. The first-order chi connectivity index (χ1) is 13.0. The van der Waals surface area contributed by atoms with Crippen LogP contribution in [0.4, 0.5) is 0 Å². The highest BCUT2D eigenvalue weighted by Gasteiger charge is 2.10. The first-order valence-electron chi connectivity index (χ1n) is 8.94. The van der Waals surface area contributed by atoms with E-state index in [-0.39, 0.29) is 30.0 Å². The van der Waals surface area contributed by atoms with Crippen LogP contribution in [-0.4, -0.2) is 48.0 Å². The number of aromatic nitrogens is 3. The second-order valence-electron chi connectivity index (χ2n) is 6.52. The van der Waals surface area contributed by atoms with Crippen LogP contribution in [0.1, 0.15) is 26.0 Å². The number of benzene rings is 1. The monoisotopic (exact) mass is 374 g/mol. The highest BCUT2D eigenvalue weighted by molar-refractivity contribution is 5.76. The Morgan fingerprint density at radius 2 is 2.11 bits per heavy atom. The van der Waals surface area contributed by atoms with Crippen LogP contribution in [0.3, 0.4) is 0 Å². The van der Waals surface area contributed by atoms with Crippen molar-refractivity contribution >= 4 is 5.91 Å². The van der Waals surface area contributed by atoms with Crippen LogP contribution >= 0.6 is 0 Å². The van der Waals surface area contributed by atoms with E-state index in [0.717, 1.165) is 0 Å². The van der Waals surface area contributed by atoms with E-state index < -0.39 is 0 Å². The largest absolute Gasteiger partial charge is 0.493 e. The highest BCUT2D eigenvalue weighted by Crippen LogP contribution is 2.20. The van der Waals surface area contributed by atoms with Crippen LogP contribution in [0.25, 0.3) is 11.4 Å². The number of nitrogens with one attached hydrogen (secondary N) is 2. The van der Waals surface area contributed by atoms with Gasteiger partial charge in [-0.05, 0) is 18.1 Å². The standard InChI is InChI=1S/C19H26N4O4/c1-13(2)12-27-15-6-4-5-14(11-15)18-21-19(25)16(22-23-18)7-8-17(24)20-9-10-26-3/h4-6,11,13H,7-10,12H2,1-3H3,(H,20,24)(H,21,23,25). The van der Waals surface area contributed by atoms with Crippen molar-refractivity contribution in [3.05, 3.63) is 40.3 Å². The molecule has 2 N–H and O–H groups in total. The molecule has 0 saturated heterocycles. The molecule has 27 heavy (non-hydrogen) atoms. The van der Waals surface area contributed by atoms with Gasteiger partial charge in [-0.2, -0.15) is 0 Å². The third-order valence-corrected chi connectivity index (χ3v) is 3.67. The number of amides is 1. The van der Waals surface area contributed by atoms with E-state index in [4.69, 9.17) is 9.47 Å². The lowest BCUT2D eigenvalue weighted by atomic mass is 10.2. The Hall–Kier alpha value is -2.74. The maximum Gasteiger partial charge on any atom is 0.273 e. The van der Waals surface area contributed by atoms with Crippen molar-refractivity contribution in [3.63, 3.8) is 0 Å². The number of methoxy groups -OCH3 is 1. The van der Waals surface area contributed by atoms with E-state index in [1.54, 1.807) is 7.11 Å². The summed E-state index contributed by atoms with van der Waals surface area (Å²) in [6.07, 6.45) is 0.387. The lowest BCUT2D eigenvalue weighted by molar-refractivity contribution is -0.121. The average molecular weight is 374 g/mol. The Kier molecular flexibility index (Phi) is 7.94. The topological polar surface area (TPSA) is 106 Å². The van der Waals surface area contributed by atoms with Crippen molar-refractivity contribution < 1.29 is 14.3 Å². The smallest absolute Gasteiger partial charge is 0.273 e. The Morgan fingerprint density at radius 3 is 2.81 bits per heavy atom. The summed E-state index contributed by atoms with van der Waals surface area (Å²) in [5.41, 5.74) is 0.593. The minimum atomic E-state index is -0.349. The van der Waals surface area contributed by atoms with Gasteiger partial charge in [0.15, 0.2) is 5.82 Å². The summed E-state index contributed by atoms with van der Waals surface area (Å²) in [4.78, 5) is 26.7. The molecule has 2 aromatic rings. The van der Waals surface area contributed by atoms with Gasteiger partial charge < -0.3 is 19.8 Å². The number of carbonyl (C=O) groups is 1. The predicted molar refractivity (Wildman–Crippen MR) is 102 cm³/mol. The number of ether oxygens (including phenoxy) is 2. The minimum Gasteiger partial charge on any atom is -0.493 e. The summed E-state index contributed by atoms with van der Waals surface area (Å²) in [6.45, 7) is 5.64. The molecule has 8 heteroatoms. The van der Waals surface area contributed by atoms with Crippen molar-refractivity contribution in [2.45, 2.75) is 26.7 Å². The summed E-state index contributed by atoms with van der Waals surface area (Å²) in [5, 5.41) is 10.8. The zero-order valence-electron chi connectivity index (χ0n) is 15.9. The maximum atomic E-state index is 12.2. The molecule has 0 bridgehead atoms.